The van der Waals surface area contributed by atoms with Crippen LogP contribution in [0.4, 0.5) is 0 Å². The van der Waals surface area contributed by atoms with Gasteiger partial charge in [-0.3, -0.25) is 4.79 Å². The fraction of sp³-hybridized carbons (Fsp3) is 0.133. The van der Waals surface area contributed by atoms with Gasteiger partial charge in [-0.2, -0.15) is 0 Å². The third-order valence-electron chi connectivity index (χ3n) is 3.15. The van der Waals surface area contributed by atoms with E-state index in [1.165, 1.54) is 0 Å². The maximum Gasteiger partial charge on any atom is 0.209 e. The number of aliphatic hydroxyl groups is 1. The summed E-state index contributed by atoms with van der Waals surface area (Å²) in [5.41, 5.74) is 2.32. The molecular formula is C15H13NO2. The molecule has 0 aromatic heterocycles. The Labute approximate surface area is 105 Å². The second kappa shape index (κ2) is 4.27. The van der Waals surface area contributed by atoms with Gasteiger partial charge < -0.3 is 10.4 Å². The summed E-state index contributed by atoms with van der Waals surface area (Å²) >= 11 is 0. The number of hydrogen-bond acceptors (Lipinski definition) is 3. The molecule has 0 heterocycles. The van der Waals surface area contributed by atoms with E-state index in [0.29, 0.717) is 12.2 Å². The largest absolute Gasteiger partial charge is 0.395 e. The van der Waals surface area contributed by atoms with Crippen molar-refractivity contribution >= 4 is 22.6 Å². The van der Waals surface area contributed by atoms with E-state index in [0.717, 1.165) is 21.9 Å². The molecule has 0 saturated carbocycles. The van der Waals surface area contributed by atoms with E-state index in [1.54, 1.807) is 0 Å². The minimum absolute atomic E-state index is 0.00671. The lowest BCUT2D eigenvalue weighted by Crippen LogP contribution is -2.25. The Morgan fingerprint density at radius 1 is 1.11 bits per heavy atom. The van der Waals surface area contributed by atoms with E-state index >= 15 is 0 Å². The molecule has 2 N–H and O–H groups in total. The van der Waals surface area contributed by atoms with Crippen LogP contribution in [-0.4, -0.2) is 24.0 Å². The molecule has 0 unspecified atom stereocenters. The second-order valence-electron chi connectivity index (χ2n) is 4.29. The zero-order chi connectivity index (χ0) is 12.5. The lowest BCUT2D eigenvalue weighted by atomic mass is 9.90. The Hall–Kier alpha value is -2.13. The summed E-state index contributed by atoms with van der Waals surface area (Å²) in [4.78, 5) is 12.3. The molecule has 0 atom stereocenters. The number of carbonyl (C=O) groups excluding carboxylic acids is 1. The highest BCUT2D eigenvalue weighted by molar-refractivity contribution is 6.22. The first-order chi connectivity index (χ1) is 8.81. The van der Waals surface area contributed by atoms with Gasteiger partial charge in [-0.15, -0.1) is 0 Å². The highest BCUT2D eigenvalue weighted by Crippen LogP contribution is 2.30. The third kappa shape index (κ3) is 1.60. The van der Waals surface area contributed by atoms with Gasteiger partial charge in [0.15, 0.2) is 0 Å². The van der Waals surface area contributed by atoms with Crippen molar-refractivity contribution in [2.45, 2.75) is 0 Å². The molecule has 0 aliphatic heterocycles. The lowest BCUT2D eigenvalue weighted by molar-refractivity contribution is 0.102. The van der Waals surface area contributed by atoms with Crippen LogP contribution in [-0.2, 0) is 0 Å². The molecule has 0 amide bonds. The van der Waals surface area contributed by atoms with Crippen molar-refractivity contribution in [3.8, 4) is 0 Å². The minimum Gasteiger partial charge on any atom is -0.395 e. The average Bonchev–Trinajstić information content (AvgIpc) is 2.41. The van der Waals surface area contributed by atoms with Gasteiger partial charge in [0.25, 0.3) is 0 Å². The van der Waals surface area contributed by atoms with Gasteiger partial charge >= 0.3 is 0 Å². The molecule has 3 nitrogen and oxygen atoms in total. The maximum atomic E-state index is 12.3. The van der Waals surface area contributed by atoms with Gasteiger partial charge in [-0.25, -0.2) is 0 Å². The molecule has 3 heteroatoms. The van der Waals surface area contributed by atoms with Crippen molar-refractivity contribution in [3.63, 3.8) is 0 Å². The van der Waals surface area contributed by atoms with Gasteiger partial charge in [0, 0.05) is 17.5 Å². The highest BCUT2D eigenvalue weighted by Gasteiger charge is 2.20. The first-order valence-electron chi connectivity index (χ1n) is 5.94. The van der Waals surface area contributed by atoms with Crippen LogP contribution in [0.3, 0.4) is 0 Å². The quantitative estimate of drug-likeness (QED) is 0.860. The van der Waals surface area contributed by atoms with Crippen LogP contribution in [0.15, 0.2) is 42.1 Å². The molecule has 0 radical (unpaired) electrons. The van der Waals surface area contributed by atoms with E-state index < -0.39 is 0 Å². The van der Waals surface area contributed by atoms with Crippen molar-refractivity contribution in [1.82, 2.24) is 5.32 Å². The smallest absolute Gasteiger partial charge is 0.209 e. The monoisotopic (exact) mass is 239 g/mol. The van der Waals surface area contributed by atoms with Gasteiger partial charge in [-0.1, -0.05) is 36.4 Å². The van der Waals surface area contributed by atoms with Crippen molar-refractivity contribution in [3.05, 3.63) is 53.2 Å². The van der Waals surface area contributed by atoms with E-state index in [-0.39, 0.29) is 12.4 Å². The molecule has 0 fully saturated rings. The van der Waals surface area contributed by atoms with Crippen molar-refractivity contribution in [1.29, 1.82) is 0 Å². The van der Waals surface area contributed by atoms with Crippen LogP contribution in [0, 0.1) is 0 Å². The molecule has 90 valence electrons. The first-order valence-corrected chi connectivity index (χ1v) is 5.94. The third-order valence-corrected chi connectivity index (χ3v) is 3.15. The molecular weight excluding hydrogens is 226 g/mol. The van der Waals surface area contributed by atoms with Crippen LogP contribution in [0.25, 0.3) is 16.8 Å². The molecule has 2 aromatic carbocycles. The molecule has 18 heavy (non-hydrogen) atoms. The number of Topliss-reactive ketones (excluding diaryl/α,β-unsaturated/α-hetero) is 1. The predicted molar refractivity (Wildman–Crippen MR) is 71.3 cm³/mol. The van der Waals surface area contributed by atoms with Gasteiger partial charge in [0.05, 0.1) is 12.3 Å². The molecule has 1 aliphatic carbocycles. The van der Waals surface area contributed by atoms with E-state index in [4.69, 9.17) is 5.11 Å². The summed E-state index contributed by atoms with van der Waals surface area (Å²) < 4.78 is 0. The first kappa shape index (κ1) is 11.0. The summed E-state index contributed by atoms with van der Waals surface area (Å²) in [6.45, 7) is 0.395. The predicted octanol–water partition coefficient (Wildman–Crippen LogP) is 1.96. The Morgan fingerprint density at radius 2 is 1.89 bits per heavy atom. The molecule has 0 saturated heterocycles. The number of rotatable bonds is 3. The maximum absolute atomic E-state index is 12.3. The minimum atomic E-state index is -0.00671. The number of carbonyl (C=O) groups is 1. The number of hydrogen-bond donors (Lipinski definition) is 2. The van der Waals surface area contributed by atoms with Crippen molar-refractivity contribution < 1.29 is 9.90 Å². The standard InChI is InChI=1S/C15H13NO2/c17-8-7-16-13-9-11-5-1-3-10-4-2-6-12(14(10)11)15(13)18/h1-6,9,16-17H,7-8H2. The zero-order valence-corrected chi connectivity index (χ0v) is 9.81. The lowest BCUT2D eigenvalue weighted by Gasteiger charge is -2.17. The van der Waals surface area contributed by atoms with Crippen molar-refractivity contribution in [2.24, 2.45) is 0 Å². The summed E-state index contributed by atoms with van der Waals surface area (Å²) in [7, 11) is 0. The van der Waals surface area contributed by atoms with Crippen LogP contribution in [0.1, 0.15) is 15.9 Å². The number of allylic oxidation sites excluding steroid dienone is 1. The SMILES string of the molecule is O=C1C(NCCO)=Cc2cccc3cccc1c23. The summed E-state index contributed by atoms with van der Waals surface area (Å²) in [5.74, 6) is -0.00671. The zero-order valence-electron chi connectivity index (χ0n) is 9.81. The second-order valence-corrected chi connectivity index (χ2v) is 4.29. The van der Waals surface area contributed by atoms with Crippen LogP contribution >= 0.6 is 0 Å². The van der Waals surface area contributed by atoms with E-state index in [1.807, 2.05) is 42.5 Å². The van der Waals surface area contributed by atoms with Crippen molar-refractivity contribution in [2.75, 3.05) is 13.2 Å². The van der Waals surface area contributed by atoms with E-state index in [9.17, 15) is 4.79 Å². The van der Waals surface area contributed by atoms with Gasteiger partial charge in [0.1, 0.15) is 0 Å². The fourth-order valence-corrected chi connectivity index (χ4v) is 2.37. The van der Waals surface area contributed by atoms with Gasteiger partial charge in [0.2, 0.25) is 5.78 Å². The molecule has 2 aromatic rings. The van der Waals surface area contributed by atoms with Crippen LogP contribution in [0.5, 0.6) is 0 Å². The Kier molecular flexibility index (Phi) is 2.61. The number of benzene rings is 2. The number of nitrogens with one attached hydrogen (secondary N) is 1. The van der Waals surface area contributed by atoms with Crippen LogP contribution < -0.4 is 5.32 Å². The average molecular weight is 239 g/mol. The van der Waals surface area contributed by atoms with E-state index in [2.05, 4.69) is 5.32 Å². The summed E-state index contributed by atoms with van der Waals surface area (Å²) in [6, 6.07) is 11.7. The molecule has 0 spiro atoms. The summed E-state index contributed by atoms with van der Waals surface area (Å²) in [5, 5.41) is 13.9. The Morgan fingerprint density at radius 3 is 2.67 bits per heavy atom. The number of ketones is 1. The molecule has 3 rings (SSSR count). The normalized spacial score (nSPS) is 13.6. The Bertz CT molecular complexity index is 653. The number of aliphatic hydroxyl groups excluding tert-OH is 1. The molecule has 1 aliphatic rings. The highest BCUT2D eigenvalue weighted by atomic mass is 16.3. The fourth-order valence-electron chi connectivity index (χ4n) is 2.37. The topological polar surface area (TPSA) is 49.3 Å². The van der Waals surface area contributed by atoms with Crippen LogP contribution in [0.2, 0.25) is 0 Å². The molecule has 0 bridgehead atoms. The van der Waals surface area contributed by atoms with Gasteiger partial charge in [-0.05, 0) is 17.0 Å². The summed E-state index contributed by atoms with van der Waals surface area (Å²) in [6.07, 6.45) is 1.85. The Balaban J connectivity index is 2.19.